The number of carbonyl (C=O) groups excluding carboxylic acids is 4. The highest BCUT2D eigenvalue weighted by Crippen LogP contribution is 2.00. The average molecular weight is 383 g/mol. The van der Waals surface area contributed by atoms with E-state index >= 15 is 0 Å². The van der Waals surface area contributed by atoms with E-state index in [1.54, 1.807) is 30.3 Å². The van der Waals surface area contributed by atoms with Gasteiger partial charge in [0.1, 0.15) is 6.04 Å². The van der Waals surface area contributed by atoms with Gasteiger partial charge < -0.3 is 15.4 Å². The van der Waals surface area contributed by atoms with Crippen molar-refractivity contribution in [1.29, 1.82) is 0 Å². The van der Waals surface area contributed by atoms with Crippen molar-refractivity contribution in [3.8, 4) is 0 Å². The summed E-state index contributed by atoms with van der Waals surface area (Å²) in [4.78, 5) is 47.2. The zero-order chi connectivity index (χ0) is 20.4. The second-order valence-corrected chi connectivity index (χ2v) is 5.89. The minimum Gasteiger partial charge on any atom is -0.454 e. The van der Waals surface area contributed by atoms with Crippen molar-refractivity contribution in [1.82, 2.24) is 16.0 Å². The van der Waals surface area contributed by atoms with Crippen LogP contribution in [0.25, 0.3) is 0 Å². The molecule has 2 aromatic rings. The number of carbonyl (C=O) groups is 4. The topological polar surface area (TPSA) is 114 Å². The van der Waals surface area contributed by atoms with Crippen molar-refractivity contribution in [2.75, 3.05) is 6.61 Å². The van der Waals surface area contributed by atoms with Crippen LogP contribution in [-0.4, -0.2) is 36.5 Å². The minimum absolute atomic E-state index is 0.252. The first kappa shape index (κ1) is 20.6. The van der Waals surface area contributed by atoms with Gasteiger partial charge in [-0.3, -0.25) is 14.9 Å². The first-order valence-corrected chi connectivity index (χ1v) is 8.60. The Morgan fingerprint density at radius 1 is 0.929 bits per heavy atom. The number of rotatable bonds is 7. The third-order valence-corrected chi connectivity index (χ3v) is 3.63. The van der Waals surface area contributed by atoms with Crippen molar-refractivity contribution in [2.24, 2.45) is 0 Å². The largest absolute Gasteiger partial charge is 0.454 e. The van der Waals surface area contributed by atoms with Crippen LogP contribution in [-0.2, 0) is 20.9 Å². The van der Waals surface area contributed by atoms with Crippen LogP contribution in [0.1, 0.15) is 22.8 Å². The van der Waals surface area contributed by atoms with Gasteiger partial charge in [-0.1, -0.05) is 48.5 Å². The number of esters is 1. The molecule has 146 valence electrons. The molecule has 0 fully saturated rings. The monoisotopic (exact) mass is 383 g/mol. The first-order valence-electron chi connectivity index (χ1n) is 8.60. The molecule has 0 spiro atoms. The van der Waals surface area contributed by atoms with Crippen molar-refractivity contribution in [2.45, 2.75) is 19.5 Å². The highest BCUT2D eigenvalue weighted by atomic mass is 16.5. The lowest BCUT2D eigenvalue weighted by Crippen LogP contribution is -2.43. The van der Waals surface area contributed by atoms with E-state index in [2.05, 4.69) is 16.0 Å². The fourth-order valence-electron chi connectivity index (χ4n) is 2.18. The maximum absolute atomic E-state index is 12.0. The lowest BCUT2D eigenvalue weighted by Gasteiger charge is -2.13. The van der Waals surface area contributed by atoms with Crippen LogP contribution in [0.2, 0.25) is 0 Å². The van der Waals surface area contributed by atoms with Gasteiger partial charge in [-0.25, -0.2) is 9.59 Å². The lowest BCUT2D eigenvalue weighted by molar-refractivity contribution is -0.149. The van der Waals surface area contributed by atoms with Crippen LogP contribution in [0.3, 0.4) is 0 Å². The van der Waals surface area contributed by atoms with E-state index in [9.17, 15) is 19.2 Å². The van der Waals surface area contributed by atoms with Crippen LogP contribution >= 0.6 is 0 Å². The summed E-state index contributed by atoms with van der Waals surface area (Å²) in [7, 11) is 0. The fourth-order valence-corrected chi connectivity index (χ4v) is 2.18. The third-order valence-electron chi connectivity index (χ3n) is 3.63. The standard InChI is InChI=1S/C20H21N3O5/c1-14(22-18(25)16-10-6-3-7-11-16)19(26)28-13-17(24)23-20(27)21-12-15-8-4-2-5-9-15/h2-11,14H,12-13H2,1H3,(H,22,25)(H2,21,23,24,27)/t14-/m1/s1. The minimum atomic E-state index is -0.951. The molecular weight excluding hydrogens is 362 g/mol. The van der Waals surface area contributed by atoms with Crippen LogP contribution < -0.4 is 16.0 Å². The third kappa shape index (κ3) is 6.91. The number of hydrogen-bond donors (Lipinski definition) is 3. The molecule has 0 aliphatic carbocycles. The molecule has 0 unspecified atom stereocenters. The molecule has 4 amide bonds. The van der Waals surface area contributed by atoms with Gasteiger partial charge in [0, 0.05) is 12.1 Å². The quantitative estimate of drug-likeness (QED) is 0.625. The van der Waals surface area contributed by atoms with Crippen molar-refractivity contribution in [3.63, 3.8) is 0 Å². The molecule has 28 heavy (non-hydrogen) atoms. The molecule has 0 aromatic heterocycles. The zero-order valence-corrected chi connectivity index (χ0v) is 15.3. The van der Waals surface area contributed by atoms with Gasteiger partial charge in [0.15, 0.2) is 6.61 Å². The second kappa shape index (κ2) is 10.5. The smallest absolute Gasteiger partial charge is 0.328 e. The van der Waals surface area contributed by atoms with E-state index in [1.807, 2.05) is 30.3 Å². The number of benzene rings is 2. The molecular formula is C20H21N3O5. The van der Waals surface area contributed by atoms with Crippen molar-refractivity contribution in [3.05, 3.63) is 71.8 Å². The Labute approximate surface area is 162 Å². The Kier molecular flexibility index (Phi) is 7.71. The molecule has 2 aromatic carbocycles. The molecule has 0 heterocycles. The summed E-state index contributed by atoms with van der Waals surface area (Å²) in [5.41, 5.74) is 1.27. The van der Waals surface area contributed by atoms with E-state index in [0.29, 0.717) is 5.56 Å². The van der Waals surface area contributed by atoms with E-state index < -0.39 is 36.5 Å². The normalized spacial score (nSPS) is 11.0. The highest BCUT2D eigenvalue weighted by molar-refractivity contribution is 5.97. The summed E-state index contributed by atoms with van der Waals surface area (Å²) in [6, 6.07) is 15.9. The second-order valence-electron chi connectivity index (χ2n) is 5.89. The molecule has 0 bridgehead atoms. The maximum atomic E-state index is 12.0. The van der Waals surface area contributed by atoms with Crippen molar-refractivity contribution >= 4 is 23.8 Å². The first-order chi connectivity index (χ1) is 13.5. The van der Waals surface area contributed by atoms with Gasteiger partial charge in [0.25, 0.3) is 11.8 Å². The molecule has 0 radical (unpaired) electrons. The Bertz CT molecular complexity index is 824. The summed E-state index contributed by atoms with van der Waals surface area (Å²) in [5, 5.41) is 7.05. The molecule has 0 saturated heterocycles. The van der Waals surface area contributed by atoms with Crippen LogP contribution in [0.4, 0.5) is 4.79 Å². The van der Waals surface area contributed by atoms with Crippen LogP contribution in [0.15, 0.2) is 60.7 Å². The predicted molar refractivity (Wildman–Crippen MR) is 101 cm³/mol. The van der Waals surface area contributed by atoms with Gasteiger partial charge in [-0.15, -0.1) is 0 Å². The predicted octanol–water partition coefficient (Wildman–Crippen LogP) is 1.37. The van der Waals surface area contributed by atoms with Crippen LogP contribution in [0.5, 0.6) is 0 Å². The van der Waals surface area contributed by atoms with E-state index in [1.165, 1.54) is 6.92 Å². The Balaban J connectivity index is 1.68. The number of nitrogens with one attached hydrogen (secondary N) is 3. The summed E-state index contributed by atoms with van der Waals surface area (Å²) in [6.45, 7) is 1.05. The Morgan fingerprint density at radius 2 is 1.54 bits per heavy atom. The average Bonchev–Trinajstić information content (AvgIpc) is 2.71. The van der Waals surface area contributed by atoms with E-state index in [0.717, 1.165) is 5.56 Å². The van der Waals surface area contributed by atoms with E-state index in [4.69, 9.17) is 4.74 Å². The number of imide groups is 1. The maximum Gasteiger partial charge on any atom is 0.328 e. The zero-order valence-electron chi connectivity index (χ0n) is 15.3. The highest BCUT2D eigenvalue weighted by Gasteiger charge is 2.19. The summed E-state index contributed by atoms with van der Waals surface area (Å²) < 4.78 is 4.82. The van der Waals surface area contributed by atoms with Crippen LogP contribution in [0, 0.1) is 0 Å². The summed E-state index contributed by atoms with van der Waals surface area (Å²) >= 11 is 0. The lowest BCUT2D eigenvalue weighted by atomic mass is 10.2. The molecule has 0 saturated carbocycles. The van der Waals surface area contributed by atoms with Gasteiger partial charge in [-0.05, 0) is 24.6 Å². The molecule has 8 nitrogen and oxygen atoms in total. The van der Waals surface area contributed by atoms with E-state index in [-0.39, 0.29) is 6.54 Å². The Morgan fingerprint density at radius 3 is 2.18 bits per heavy atom. The summed E-state index contributed by atoms with van der Waals surface area (Å²) in [6.07, 6.45) is 0. The molecule has 2 rings (SSSR count). The van der Waals surface area contributed by atoms with Crippen molar-refractivity contribution < 1.29 is 23.9 Å². The van der Waals surface area contributed by atoms with Gasteiger partial charge in [0.2, 0.25) is 0 Å². The Hall–Kier alpha value is -3.68. The molecule has 0 aliphatic rings. The van der Waals surface area contributed by atoms with Gasteiger partial charge >= 0.3 is 12.0 Å². The van der Waals surface area contributed by atoms with Gasteiger partial charge in [0.05, 0.1) is 0 Å². The molecule has 0 aliphatic heterocycles. The summed E-state index contributed by atoms with van der Waals surface area (Å²) in [5.74, 6) is -2.00. The fraction of sp³-hybridized carbons (Fsp3) is 0.200. The van der Waals surface area contributed by atoms with Gasteiger partial charge in [-0.2, -0.15) is 0 Å². The number of hydrogen-bond acceptors (Lipinski definition) is 5. The SMILES string of the molecule is C[C@@H](NC(=O)c1ccccc1)C(=O)OCC(=O)NC(=O)NCc1ccccc1. The molecule has 1 atom stereocenters. The number of amides is 4. The molecule has 8 heteroatoms. The molecule has 3 N–H and O–H groups in total. The number of urea groups is 1. The number of ether oxygens (including phenoxy) is 1.